The smallest absolute Gasteiger partial charge is 0.262 e. The van der Waals surface area contributed by atoms with E-state index in [9.17, 15) is 9.59 Å². The molecule has 0 saturated heterocycles. The summed E-state index contributed by atoms with van der Waals surface area (Å²) in [6, 6.07) is 6.88. The van der Waals surface area contributed by atoms with Crippen molar-refractivity contribution in [3.8, 4) is 6.07 Å². The van der Waals surface area contributed by atoms with E-state index in [4.69, 9.17) is 10.00 Å². The summed E-state index contributed by atoms with van der Waals surface area (Å²) in [6.07, 6.45) is 0.844. The molecule has 132 valence electrons. The normalized spacial score (nSPS) is 10.6. The van der Waals surface area contributed by atoms with Gasteiger partial charge in [0.2, 0.25) is 0 Å². The summed E-state index contributed by atoms with van der Waals surface area (Å²) < 4.78 is 6.55. The molecule has 2 rings (SSSR count). The molecule has 1 amide bonds. The van der Waals surface area contributed by atoms with Gasteiger partial charge in [-0.2, -0.15) is 5.26 Å². The number of benzene rings is 1. The molecule has 0 fully saturated rings. The van der Waals surface area contributed by atoms with Crippen molar-refractivity contribution in [3.63, 3.8) is 0 Å². The maximum atomic E-state index is 12.7. The number of hydrogen-bond donors (Lipinski definition) is 1. The molecular formula is C17H20N4O3S. The van der Waals surface area contributed by atoms with Gasteiger partial charge < -0.3 is 10.1 Å². The second kappa shape index (κ2) is 9.20. The Hall–Kier alpha value is -2.37. The Labute approximate surface area is 150 Å². The molecule has 8 heteroatoms. The molecule has 0 atom stereocenters. The lowest BCUT2D eigenvalue weighted by molar-refractivity contribution is 0.0954. The molecule has 0 aliphatic rings. The molecule has 1 heterocycles. The summed E-state index contributed by atoms with van der Waals surface area (Å²) in [4.78, 5) is 29.3. The van der Waals surface area contributed by atoms with Gasteiger partial charge in [0.25, 0.3) is 11.5 Å². The van der Waals surface area contributed by atoms with Crippen molar-refractivity contribution in [2.24, 2.45) is 0 Å². The summed E-state index contributed by atoms with van der Waals surface area (Å²) in [5.41, 5.74) is 0.699. The molecular weight excluding hydrogens is 340 g/mol. The van der Waals surface area contributed by atoms with Crippen LogP contribution >= 0.6 is 11.8 Å². The first-order valence-corrected chi connectivity index (χ1v) is 8.92. The largest absolute Gasteiger partial charge is 0.383 e. The number of thioether (sulfide) groups is 1. The van der Waals surface area contributed by atoms with Crippen LogP contribution < -0.4 is 10.9 Å². The van der Waals surface area contributed by atoms with Crippen molar-refractivity contribution in [1.82, 2.24) is 14.9 Å². The van der Waals surface area contributed by atoms with Gasteiger partial charge in [-0.1, -0.05) is 18.7 Å². The summed E-state index contributed by atoms with van der Waals surface area (Å²) in [5, 5.41) is 12.5. The molecule has 0 radical (unpaired) electrons. The molecule has 25 heavy (non-hydrogen) atoms. The van der Waals surface area contributed by atoms with E-state index < -0.39 is 0 Å². The highest BCUT2D eigenvalue weighted by Crippen LogP contribution is 2.18. The maximum Gasteiger partial charge on any atom is 0.262 e. The van der Waals surface area contributed by atoms with Crippen LogP contribution in [0, 0.1) is 11.3 Å². The minimum Gasteiger partial charge on any atom is -0.383 e. The Bertz CT molecular complexity index is 857. The molecule has 1 N–H and O–H groups in total. The van der Waals surface area contributed by atoms with Crippen LogP contribution in [0.4, 0.5) is 0 Å². The molecule has 0 saturated carbocycles. The van der Waals surface area contributed by atoms with Crippen LogP contribution in [0.1, 0.15) is 23.7 Å². The third-order valence-corrected chi connectivity index (χ3v) is 4.35. The number of nitrogens with one attached hydrogen (secondary N) is 1. The predicted octanol–water partition coefficient (Wildman–Crippen LogP) is 1.80. The van der Waals surface area contributed by atoms with Crippen LogP contribution in [-0.2, 0) is 11.3 Å². The first-order chi connectivity index (χ1) is 12.1. The Morgan fingerprint density at radius 2 is 2.28 bits per heavy atom. The minimum atomic E-state index is -0.206. The fourth-order valence-corrected chi connectivity index (χ4v) is 2.96. The number of hydrogen-bond acceptors (Lipinski definition) is 6. The van der Waals surface area contributed by atoms with Crippen molar-refractivity contribution >= 4 is 28.6 Å². The van der Waals surface area contributed by atoms with Crippen LogP contribution in [0.25, 0.3) is 10.9 Å². The second-order valence-corrected chi connectivity index (χ2v) is 6.22. The zero-order valence-electron chi connectivity index (χ0n) is 14.2. The van der Waals surface area contributed by atoms with Gasteiger partial charge in [0.05, 0.1) is 35.9 Å². The number of ether oxygens (including phenoxy) is 1. The zero-order valence-corrected chi connectivity index (χ0v) is 15.1. The topological polar surface area (TPSA) is 97.0 Å². The number of amides is 1. The molecule has 7 nitrogen and oxygen atoms in total. The van der Waals surface area contributed by atoms with Gasteiger partial charge in [-0.3, -0.25) is 14.2 Å². The highest BCUT2D eigenvalue weighted by Gasteiger charge is 2.14. The van der Waals surface area contributed by atoms with Gasteiger partial charge in [-0.15, -0.1) is 0 Å². The number of nitriles is 1. The average molecular weight is 360 g/mol. The van der Waals surface area contributed by atoms with Crippen molar-refractivity contribution in [2.75, 3.05) is 26.0 Å². The van der Waals surface area contributed by atoms with Crippen LogP contribution in [0.3, 0.4) is 0 Å². The van der Waals surface area contributed by atoms with Crippen molar-refractivity contribution in [3.05, 3.63) is 34.1 Å². The molecule has 1 aromatic heterocycles. The Morgan fingerprint density at radius 3 is 2.96 bits per heavy atom. The summed E-state index contributed by atoms with van der Waals surface area (Å²) >= 11 is 1.19. The highest BCUT2D eigenvalue weighted by molar-refractivity contribution is 7.99. The maximum absolute atomic E-state index is 12.7. The Kier molecular flexibility index (Phi) is 6.98. The number of rotatable bonds is 8. The van der Waals surface area contributed by atoms with Gasteiger partial charge in [0, 0.05) is 19.2 Å². The molecule has 0 unspecified atom stereocenters. The predicted molar refractivity (Wildman–Crippen MR) is 96.8 cm³/mol. The standard InChI is InChI=1S/C17H20N4O3S/c1-3-7-19-15(22)12-4-5-13-14(11-12)20-17(25-10-6-18)21(16(13)23)8-9-24-2/h4-5,11H,3,7-10H2,1-2H3,(H,19,22). The summed E-state index contributed by atoms with van der Waals surface area (Å²) in [5.74, 6) is -0.0120. The summed E-state index contributed by atoms with van der Waals surface area (Å²) in [6.45, 7) is 3.28. The average Bonchev–Trinajstić information content (AvgIpc) is 2.63. The third-order valence-electron chi connectivity index (χ3n) is 3.50. The Morgan fingerprint density at radius 1 is 1.48 bits per heavy atom. The second-order valence-electron chi connectivity index (χ2n) is 5.28. The van der Waals surface area contributed by atoms with Crippen LogP contribution in [-0.4, -0.2) is 41.5 Å². The highest BCUT2D eigenvalue weighted by atomic mass is 32.2. The van der Waals surface area contributed by atoms with E-state index in [0.29, 0.717) is 41.3 Å². The lowest BCUT2D eigenvalue weighted by Crippen LogP contribution is -2.26. The number of carbonyl (C=O) groups is 1. The number of nitrogens with zero attached hydrogens (tertiary/aromatic N) is 3. The molecule has 0 aliphatic carbocycles. The monoisotopic (exact) mass is 360 g/mol. The number of aromatic nitrogens is 2. The number of carbonyl (C=O) groups excluding carboxylic acids is 1. The van der Waals surface area contributed by atoms with Crippen LogP contribution in [0.5, 0.6) is 0 Å². The Balaban J connectivity index is 2.49. The van der Waals surface area contributed by atoms with E-state index in [1.165, 1.54) is 16.3 Å². The fourth-order valence-electron chi connectivity index (χ4n) is 2.27. The third kappa shape index (κ3) is 4.59. The van der Waals surface area contributed by atoms with E-state index in [2.05, 4.69) is 10.3 Å². The van der Waals surface area contributed by atoms with Gasteiger partial charge >= 0.3 is 0 Å². The van der Waals surface area contributed by atoms with Crippen LogP contribution in [0.15, 0.2) is 28.2 Å². The van der Waals surface area contributed by atoms with E-state index in [0.717, 1.165) is 6.42 Å². The quantitative estimate of drug-likeness (QED) is 0.569. The van der Waals surface area contributed by atoms with E-state index in [1.807, 2.05) is 13.0 Å². The first kappa shape index (κ1) is 19.0. The van der Waals surface area contributed by atoms with Crippen molar-refractivity contribution < 1.29 is 9.53 Å². The molecule has 0 aliphatic heterocycles. The molecule has 0 bridgehead atoms. The van der Waals surface area contributed by atoms with E-state index in [1.54, 1.807) is 25.3 Å². The van der Waals surface area contributed by atoms with Gasteiger partial charge in [-0.05, 0) is 24.6 Å². The molecule has 0 spiro atoms. The summed E-state index contributed by atoms with van der Waals surface area (Å²) in [7, 11) is 1.56. The first-order valence-electron chi connectivity index (χ1n) is 7.93. The number of fused-ring (bicyclic) bond motifs is 1. The lowest BCUT2D eigenvalue weighted by atomic mass is 10.1. The van der Waals surface area contributed by atoms with Crippen molar-refractivity contribution in [1.29, 1.82) is 5.26 Å². The number of methoxy groups -OCH3 is 1. The van der Waals surface area contributed by atoms with E-state index >= 15 is 0 Å². The fraction of sp³-hybridized carbons (Fsp3) is 0.412. The molecule has 1 aromatic carbocycles. The van der Waals surface area contributed by atoms with Gasteiger partial charge in [0.15, 0.2) is 5.16 Å². The molecule has 2 aromatic rings. The SMILES string of the molecule is CCCNC(=O)c1ccc2c(=O)n(CCOC)c(SCC#N)nc2c1. The van der Waals surface area contributed by atoms with Gasteiger partial charge in [-0.25, -0.2) is 4.98 Å². The van der Waals surface area contributed by atoms with Crippen molar-refractivity contribution in [2.45, 2.75) is 25.0 Å². The van der Waals surface area contributed by atoms with Crippen LogP contribution in [0.2, 0.25) is 0 Å². The lowest BCUT2D eigenvalue weighted by Gasteiger charge is -2.12. The minimum absolute atomic E-state index is 0.182. The van der Waals surface area contributed by atoms with E-state index in [-0.39, 0.29) is 17.2 Å². The zero-order chi connectivity index (χ0) is 18.2. The van der Waals surface area contributed by atoms with Gasteiger partial charge in [0.1, 0.15) is 0 Å².